The summed E-state index contributed by atoms with van der Waals surface area (Å²) in [4.78, 5) is 29.8. The molecular weight excluding hydrogens is 610 g/mol. The van der Waals surface area contributed by atoms with Gasteiger partial charge in [-0.15, -0.1) is 0 Å². The molecule has 1 heterocycles. The van der Waals surface area contributed by atoms with Crippen LogP contribution in [0.2, 0.25) is 5.15 Å². The summed E-state index contributed by atoms with van der Waals surface area (Å²) in [5.41, 5.74) is 3.01. The lowest BCUT2D eigenvalue weighted by atomic mass is 9.97. The van der Waals surface area contributed by atoms with Gasteiger partial charge in [0.15, 0.2) is 0 Å². The summed E-state index contributed by atoms with van der Waals surface area (Å²) in [6.45, 7) is -0.572. The SMILES string of the molecule is O=C(NS(=O)(=O)CCO)c1ccc(-c2ccc(CCN(C[C@H](O)c3ccc(Cl)nc3)C(=O)O)cc2)cc1OC1CCCCC1. The fourth-order valence-corrected chi connectivity index (χ4v) is 5.86. The third kappa shape index (κ3) is 9.39. The number of hydrogen-bond donors (Lipinski definition) is 4. The number of aliphatic hydroxyl groups excluding tert-OH is 2. The van der Waals surface area contributed by atoms with E-state index in [4.69, 9.17) is 21.4 Å². The van der Waals surface area contributed by atoms with Gasteiger partial charge in [-0.25, -0.2) is 22.9 Å². The number of ether oxygens (including phenoxy) is 1. The maximum absolute atomic E-state index is 12.9. The van der Waals surface area contributed by atoms with Crippen molar-refractivity contribution in [2.24, 2.45) is 0 Å². The van der Waals surface area contributed by atoms with Gasteiger partial charge in [0.2, 0.25) is 10.0 Å². The van der Waals surface area contributed by atoms with E-state index in [-0.39, 0.29) is 35.7 Å². The molecule has 1 aliphatic carbocycles. The minimum atomic E-state index is -4.00. The van der Waals surface area contributed by atoms with Gasteiger partial charge in [0.25, 0.3) is 5.91 Å². The number of carboxylic acid groups (broad SMARTS) is 1. The molecule has 4 rings (SSSR count). The largest absolute Gasteiger partial charge is 0.490 e. The second kappa shape index (κ2) is 15.3. The molecule has 1 aromatic heterocycles. The van der Waals surface area contributed by atoms with E-state index in [1.54, 1.807) is 18.2 Å². The molecule has 2 aromatic carbocycles. The number of halogens is 1. The summed E-state index contributed by atoms with van der Waals surface area (Å²) in [6, 6.07) is 15.6. The van der Waals surface area contributed by atoms with Crippen molar-refractivity contribution in [3.63, 3.8) is 0 Å². The number of amides is 2. The number of benzene rings is 2. The number of rotatable bonds is 13. The van der Waals surface area contributed by atoms with Crippen LogP contribution in [0.3, 0.4) is 0 Å². The molecule has 236 valence electrons. The van der Waals surface area contributed by atoms with Crippen LogP contribution in [0, 0.1) is 0 Å². The van der Waals surface area contributed by atoms with Crippen LogP contribution in [0.4, 0.5) is 4.79 Å². The number of pyridine rings is 1. The lowest BCUT2D eigenvalue weighted by molar-refractivity contribution is 0.0966. The molecule has 13 heteroatoms. The summed E-state index contributed by atoms with van der Waals surface area (Å²) in [7, 11) is -4.00. The molecule has 2 amide bonds. The van der Waals surface area contributed by atoms with Crippen molar-refractivity contribution >= 4 is 33.6 Å². The Hall–Kier alpha value is -3.71. The molecule has 1 saturated carbocycles. The van der Waals surface area contributed by atoms with E-state index in [0.29, 0.717) is 12.0 Å². The third-order valence-electron chi connectivity index (χ3n) is 7.44. The van der Waals surface area contributed by atoms with Crippen molar-refractivity contribution in [1.29, 1.82) is 0 Å². The minimum Gasteiger partial charge on any atom is -0.490 e. The second-order valence-corrected chi connectivity index (χ2v) is 12.9. The van der Waals surface area contributed by atoms with Crippen molar-refractivity contribution in [2.45, 2.75) is 50.7 Å². The Labute approximate surface area is 261 Å². The van der Waals surface area contributed by atoms with Crippen molar-refractivity contribution in [3.05, 3.63) is 82.6 Å². The maximum Gasteiger partial charge on any atom is 0.407 e. The number of carbonyl (C=O) groups excluding carboxylic acids is 1. The zero-order valence-corrected chi connectivity index (χ0v) is 25.6. The highest BCUT2D eigenvalue weighted by Gasteiger charge is 2.23. The fraction of sp³-hybridized carbons (Fsp3) is 0.387. The van der Waals surface area contributed by atoms with Crippen LogP contribution in [0.15, 0.2) is 60.8 Å². The van der Waals surface area contributed by atoms with E-state index in [2.05, 4.69) is 4.98 Å². The van der Waals surface area contributed by atoms with Gasteiger partial charge in [0.1, 0.15) is 10.9 Å². The average Bonchev–Trinajstić information content (AvgIpc) is 2.99. The predicted molar refractivity (Wildman–Crippen MR) is 165 cm³/mol. The maximum atomic E-state index is 12.9. The topological polar surface area (TPSA) is 166 Å². The highest BCUT2D eigenvalue weighted by molar-refractivity contribution is 7.90. The van der Waals surface area contributed by atoms with Gasteiger partial charge in [-0.3, -0.25) is 4.79 Å². The molecule has 4 N–H and O–H groups in total. The normalized spacial score (nSPS) is 14.5. The average molecular weight is 646 g/mol. The van der Waals surface area contributed by atoms with Gasteiger partial charge >= 0.3 is 6.09 Å². The predicted octanol–water partition coefficient (Wildman–Crippen LogP) is 4.42. The number of hydrogen-bond acceptors (Lipinski definition) is 8. The molecule has 1 atom stereocenters. The first-order valence-electron chi connectivity index (χ1n) is 14.4. The van der Waals surface area contributed by atoms with Crippen LogP contribution in [0.25, 0.3) is 11.1 Å². The van der Waals surface area contributed by atoms with Gasteiger partial charge < -0.3 is 25.0 Å². The Morgan fingerprint density at radius 2 is 1.75 bits per heavy atom. The van der Waals surface area contributed by atoms with E-state index in [0.717, 1.165) is 53.7 Å². The first-order chi connectivity index (χ1) is 21.0. The molecule has 0 spiro atoms. The second-order valence-electron chi connectivity index (χ2n) is 10.7. The van der Waals surface area contributed by atoms with Crippen molar-refractivity contribution in [3.8, 4) is 16.9 Å². The van der Waals surface area contributed by atoms with Gasteiger partial charge in [0.05, 0.1) is 36.7 Å². The van der Waals surface area contributed by atoms with Crippen LogP contribution in [-0.4, -0.2) is 77.2 Å². The van der Waals surface area contributed by atoms with E-state index < -0.39 is 40.5 Å². The monoisotopic (exact) mass is 645 g/mol. The standard InChI is InChI=1S/C31H36ClN3O8S/c32-29-13-11-24(19-33-29)27(37)20-35(31(39)40)15-14-21-6-8-22(9-7-21)23-10-12-26(30(38)34-44(41,42)17-16-36)28(18-23)43-25-4-2-1-3-5-25/h6-13,18-19,25,27,36-37H,1-5,14-17,20H2,(H,34,38)(H,39,40)/t27-/m0/s1. The number of carbonyl (C=O) groups is 2. The first-order valence-corrected chi connectivity index (χ1v) is 16.4. The number of aromatic nitrogens is 1. The Kier molecular flexibility index (Phi) is 11.6. The molecule has 1 fully saturated rings. The minimum absolute atomic E-state index is 0.0859. The first kappa shape index (κ1) is 33.2. The molecule has 0 radical (unpaired) electrons. The molecule has 3 aromatic rings. The smallest absolute Gasteiger partial charge is 0.407 e. The Balaban J connectivity index is 1.47. The van der Waals surface area contributed by atoms with E-state index in [1.807, 2.05) is 29.0 Å². The number of nitrogens with one attached hydrogen (secondary N) is 1. The van der Waals surface area contributed by atoms with E-state index in [1.165, 1.54) is 18.3 Å². The number of aliphatic hydroxyl groups is 2. The molecule has 11 nitrogen and oxygen atoms in total. The summed E-state index contributed by atoms with van der Waals surface area (Å²) < 4.78 is 32.4. The summed E-state index contributed by atoms with van der Waals surface area (Å²) in [6.07, 6.45) is 4.34. The van der Waals surface area contributed by atoms with Crippen LogP contribution >= 0.6 is 11.6 Å². The molecule has 44 heavy (non-hydrogen) atoms. The fourth-order valence-electron chi connectivity index (χ4n) is 5.01. The Morgan fingerprint density at radius 1 is 1.05 bits per heavy atom. The van der Waals surface area contributed by atoms with Crippen molar-refractivity contribution < 1.29 is 38.1 Å². The van der Waals surface area contributed by atoms with E-state index >= 15 is 0 Å². The van der Waals surface area contributed by atoms with Gasteiger partial charge in [0, 0.05) is 18.3 Å². The lowest BCUT2D eigenvalue weighted by Gasteiger charge is -2.24. The Bertz CT molecular complexity index is 1530. The highest BCUT2D eigenvalue weighted by atomic mass is 35.5. The summed E-state index contributed by atoms with van der Waals surface area (Å²) >= 11 is 5.79. The highest BCUT2D eigenvalue weighted by Crippen LogP contribution is 2.31. The van der Waals surface area contributed by atoms with Crippen LogP contribution in [-0.2, 0) is 16.4 Å². The van der Waals surface area contributed by atoms with Gasteiger partial charge in [-0.2, -0.15) is 0 Å². The number of nitrogens with zero attached hydrogens (tertiary/aromatic N) is 2. The van der Waals surface area contributed by atoms with Crippen LogP contribution in [0.5, 0.6) is 5.75 Å². The molecule has 0 saturated heterocycles. The summed E-state index contributed by atoms with van der Waals surface area (Å²) in [5, 5.41) is 29.4. The van der Waals surface area contributed by atoms with Crippen LogP contribution < -0.4 is 9.46 Å². The van der Waals surface area contributed by atoms with Crippen molar-refractivity contribution in [2.75, 3.05) is 25.4 Å². The zero-order valence-electron chi connectivity index (χ0n) is 24.1. The Morgan fingerprint density at radius 3 is 2.39 bits per heavy atom. The molecular formula is C31H36ClN3O8S. The van der Waals surface area contributed by atoms with Gasteiger partial charge in [-0.05, 0) is 67.0 Å². The summed E-state index contributed by atoms with van der Waals surface area (Å²) in [5.74, 6) is -1.14. The zero-order chi connectivity index (χ0) is 31.7. The quantitative estimate of drug-likeness (QED) is 0.197. The molecule has 0 aliphatic heterocycles. The molecule has 1 aliphatic rings. The molecule has 0 bridgehead atoms. The third-order valence-corrected chi connectivity index (χ3v) is 8.88. The van der Waals surface area contributed by atoms with E-state index in [9.17, 15) is 28.2 Å². The van der Waals surface area contributed by atoms with Gasteiger partial charge in [-0.1, -0.05) is 54.4 Å². The van der Waals surface area contributed by atoms with Crippen molar-refractivity contribution in [1.82, 2.24) is 14.6 Å². The number of sulfonamides is 1. The van der Waals surface area contributed by atoms with Crippen LogP contribution in [0.1, 0.15) is 59.7 Å². The molecule has 0 unspecified atom stereocenters. The lowest BCUT2D eigenvalue weighted by Crippen LogP contribution is -2.35.